The molecule has 0 saturated carbocycles. The number of ether oxygens (including phenoxy) is 2. The molecule has 126 valence electrons. The van der Waals surface area contributed by atoms with Crippen molar-refractivity contribution in [2.45, 2.75) is 39.7 Å². The molecule has 0 N–H and O–H groups in total. The van der Waals surface area contributed by atoms with E-state index >= 15 is 0 Å². The fourth-order valence-electron chi connectivity index (χ4n) is 4.36. The Hall–Kier alpha value is -1.55. The molecule has 1 fully saturated rings. The van der Waals surface area contributed by atoms with Crippen molar-refractivity contribution in [3.8, 4) is 11.5 Å². The summed E-state index contributed by atoms with van der Waals surface area (Å²) in [6.07, 6.45) is 1.93. The summed E-state index contributed by atoms with van der Waals surface area (Å²) in [5.41, 5.74) is 2.71. The molecule has 0 amide bonds. The van der Waals surface area contributed by atoms with E-state index in [1.54, 1.807) is 21.1 Å². The van der Waals surface area contributed by atoms with E-state index in [0.29, 0.717) is 0 Å². The predicted molar refractivity (Wildman–Crippen MR) is 90.1 cm³/mol. The van der Waals surface area contributed by atoms with Gasteiger partial charge in [0, 0.05) is 25.0 Å². The van der Waals surface area contributed by atoms with Gasteiger partial charge in [0.05, 0.1) is 14.2 Å². The number of piperidine rings is 1. The summed E-state index contributed by atoms with van der Waals surface area (Å²) >= 11 is 0. The van der Waals surface area contributed by atoms with Gasteiger partial charge in [-0.05, 0) is 48.4 Å². The van der Waals surface area contributed by atoms with E-state index in [0.717, 1.165) is 37.4 Å². The summed E-state index contributed by atoms with van der Waals surface area (Å²) in [6, 6.07) is 4.34. The summed E-state index contributed by atoms with van der Waals surface area (Å²) in [6.45, 7) is 8.31. The smallest absolute Gasteiger partial charge is 0.161 e. The quantitative estimate of drug-likeness (QED) is 0.858. The van der Waals surface area contributed by atoms with Crippen LogP contribution in [-0.2, 0) is 11.2 Å². The van der Waals surface area contributed by atoms with Crippen molar-refractivity contribution in [3.63, 3.8) is 0 Å². The molecule has 0 aromatic heterocycles. The lowest BCUT2D eigenvalue weighted by Crippen LogP contribution is -2.51. The molecule has 0 radical (unpaired) electrons. The van der Waals surface area contributed by atoms with E-state index in [2.05, 4.69) is 30.9 Å². The monoisotopic (exact) mass is 317 g/mol. The molecule has 2 aliphatic heterocycles. The molecule has 0 bridgehead atoms. The lowest BCUT2D eigenvalue weighted by Gasteiger charge is -2.50. The number of rotatable bonds is 3. The van der Waals surface area contributed by atoms with Crippen LogP contribution in [0.2, 0.25) is 0 Å². The summed E-state index contributed by atoms with van der Waals surface area (Å²) in [7, 11) is 3.33. The van der Waals surface area contributed by atoms with Crippen molar-refractivity contribution in [1.82, 2.24) is 4.90 Å². The topological polar surface area (TPSA) is 38.8 Å². The Morgan fingerprint density at radius 1 is 1.22 bits per heavy atom. The Morgan fingerprint density at radius 3 is 2.48 bits per heavy atom. The molecule has 1 aromatic carbocycles. The van der Waals surface area contributed by atoms with E-state index in [1.807, 2.05) is 0 Å². The van der Waals surface area contributed by atoms with Crippen molar-refractivity contribution in [2.75, 3.05) is 27.3 Å². The number of benzene rings is 1. The number of fused-ring (bicyclic) bond motifs is 3. The molecule has 0 aliphatic carbocycles. The number of hydrogen-bond donors (Lipinski definition) is 0. The lowest BCUT2D eigenvalue weighted by molar-refractivity contribution is -0.128. The van der Waals surface area contributed by atoms with Crippen LogP contribution in [0.5, 0.6) is 11.5 Å². The number of nitrogens with zero attached hydrogens (tertiary/aromatic N) is 1. The fraction of sp³-hybridized carbons (Fsp3) is 0.632. The minimum atomic E-state index is 0.0518. The minimum Gasteiger partial charge on any atom is -0.493 e. The number of methoxy groups -OCH3 is 2. The average molecular weight is 317 g/mol. The van der Waals surface area contributed by atoms with Crippen LogP contribution in [0.15, 0.2) is 12.1 Å². The van der Waals surface area contributed by atoms with Crippen molar-refractivity contribution in [3.05, 3.63) is 23.3 Å². The Bertz CT molecular complexity index is 623. The highest BCUT2D eigenvalue weighted by Crippen LogP contribution is 2.48. The average Bonchev–Trinajstić information content (AvgIpc) is 2.51. The number of carbonyl (C=O) groups excluding carboxylic acids is 1. The third kappa shape index (κ3) is 2.85. The Kier molecular flexibility index (Phi) is 4.13. The highest BCUT2D eigenvalue weighted by molar-refractivity contribution is 5.79. The van der Waals surface area contributed by atoms with E-state index in [-0.39, 0.29) is 23.2 Å². The van der Waals surface area contributed by atoms with Crippen molar-refractivity contribution >= 4 is 5.78 Å². The first-order chi connectivity index (χ1) is 10.9. The van der Waals surface area contributed by atoms with Crippen LogP contribution in [0.3, 0.4) is 0 Å². The van der Waals surface area contributed by atoms with Gasteiger partial charge in [0.1, 0.15) is 5.78 Å². The standard InChI is InChI=1S/C19H27NO3/c1-12(21)15-10-19(2,3)11-20-7-6-13-8-16(22-4)17(23-5)9-14(13)18(15)20/h8-9,15,18H,6-7,10-11H2,1-5H3/t15-,18-/m1/s1. The van der Waals surface area contributed by atoms with Gasteiger partial charge >= 0.3 is 0 Å². The van der Waals surface area contributed by atoms with Crippen LogP contribution in [0.1, 0.15) is 44.4 Å². The number of ketones is 1. The maximum absolute atomic E-state index is 12.3. The van der Waals surface area contributed by atoms with Crippen LogP contribution < -0.4 is 9.47 Å². The molecule has 0 spiro atoms. The maximum atomic E-state index is 12.3. The number of Topliss-reactive ketones (excluding diaryl/α,β-unsaturated/α-hetero) is 1. The first-order valence-electron chi connectivity index (χ1n) is 8.35. The first kappa shape index (κ1) is 16.3. The van der Waals surface area contributed by atoms with Crippen LogP contribution in [0, 0.1) is 11.3 Å². The second kappa shape index (κ2) is 5.82. The molecule has 4 nitrogen and oxygen atoms in total. The van der Waals surface area contributed by atoms with Crippen molar-refractivity contribution in [1.29, 1.82) is 0 Å². The second-order valence-electron chi connectivity index (χ2n) is 7.66. The molecule has 1 saturated heterocycles. The van der Waals surface area contributed by atoms with Crippen LogP contribution in [-0.4, -0.2) is 38.0 Å². The lowest BCUT2D eigenvalue weighted by atomic mass is 9.69. The molecule has 2 atom stereocenters. The zero-order valence-corrected chi connectivity index (χ0v) is 14.8. The third-order valence-corrected chi connectivity index (χ3v) is 5.33. The van der Waals surface area contributed by atoms with Gasteiger partial charge in [-0.15, -0.1) is 0 Å². The first-order valence-corrected chi connectivity index (χ1v) is 8.35. The molecule has 1 aromatic rings. The zero-order valence-electron chi connectivity index (χ0n) is 14.8. The van der Waals surface area contributed by atoms with Gasteiger partial charge < -0.3 is 9.47 Å². The molecule has 2 aliphatic rings. The highest BCUT2D eigenvalue weighted by atomic mass is 16.5. The SMILES string of the molecule is COc1cc2c(cc1OC)[C@@H]1[C@@H](C(C)=O)CC(C)(C)CN1CC2. The number of carbonyl (C=O) groups is 1. The van der Waals surface area contributed by atoms with E-state index in [4.69, 9.17) is 9.47 Å². The highest BCUT2D eigenvalue weighted by Gasteiger charge is 2.45. The van der Waals surface area contributed by atoms with Gasteiger partial charge in [0.2, 0.25) is 0 Å². The molecule has 3 rings (SSSR count). The molecule has 4 heteroatoms. The molecular weight excluding hydrogens is 290 g/mol. The summed E-state index contributed by atoms with van der Waals surface area (Å²) in [4.78, 5) is 14.8. The van der Waals surface area contributed by atoms with Crippen molar-refractivity contribution < 1.29 is 14.3 Å². The van der Waals surface area contributed by atoms with Gasteiger partial charge in [0.25, 0.3) is 0 Å². The summed E-state index contributed by atoms with van der Waals surface area (Å²) in [5.74, 6) is 1.86. The minimum absolute atomic E-state index is 0.0518. The number of hydrogen-bond acceptors (Lipinski definition) is 4. The van der Waals surface area contributed by atoms with Gasteiger partial charge in [-0.2, -0.15) is 0 Å². The Labute approximate surface area is 138 Å². The predicted octanol–water partition coefficient (Wildman–Crippen LogP) is 3.24. The summed E-state index contributed by atoms with van der Waals surface area (Å²) in [5, 5.41) is 0. The molecular formula is C19H27NO3. The molecule has 0 unspecified atom stereocenters. The Morgan fingerprint density at radius 2 is 1.87 bits per heavy atom. The van der Waals surface area contributed by atoms with Gasteiger partial charge in [0.15, 0.2) is 11.5 Å². The Balaban J connectivity index is 2.08. The molecule has 2 heterocycles. The maximum Gasteiger partial charge on any atom is 0.161 e. The normalized spacial score (nSPS) is 26.1. The van der Waals surface area contributed by atoms with Crippen LogP contribution in [0.4, 0.5) is 0 Å². The molecule has 23 heavy (non-hydrogen) atoms. The largest absolute Gasteiger partial charge is 0.493 e. The third-order valence-electron chi connectivity index (χ3n) is 5.33. The van der Waals surface area contributed by atoms with Crippen LogP contribution >= 0.6 is 0 Å². The van der Waals surface area contributed by atoms with Gasteiger partial charge in [-0.25, -0.2) is 0 Å². The zero-order chi connectivity index (χ0) is 16.8. The van der Waals surface area contributed by atoms with Gasteiger partial charge in [-0.3, -0.25) is 9.69 Å². The summed E-state index contributed by atoms with van der Waals surface area (Å²) < 4.78 is 10.9. The second-order valence-corrected chi connectivity index (χ2v) is 7.66. The van der Waals surface area contributed by atoms with Crippen LogP contribution in [0.25, 0.3) is 0 Å². The van der Waals surface area contributed by atoms with E-state index in [1.165, 1.54) is 11.1 Å². The van der Waals surface area contributed by atoms with Gasteiger partial charge in [-0.1, -0.05) is 13.8 Å². The van der Waals surface area contributed by atoms with E-state index < -0.39 is 0 Å². The van der Waals surface area contributed by atoms with E-state index in [9.17, 15) is 4.79 Å². The van der Waals surface area contributed by atoms with Crippen molar-refractivity contribution in [2.24, 2.45) is 11.3 Å². The fourth-order valence-corrected chi connectivity index (χ4v) is 4.36.